The maximum atomic E-state index is 13.3. The topological polar surface area (TPSA) is 75.3 Å². The zero-order valence-electron chi connectivity index (χ0n) is 13.1. The van der Waals surface area contributed by atoms with Crippen LogP contribution in [0.1, 0.15) is 36.4 Å². The fourth-order valence-electron chi connectivity index (χ4n) is 3.62. The van der Waals surface area contributed by atoms with Crippen LogP contribution < -0.4 is 10.6 Å². The summed E-state index contributed by atoms with van der Waals surface area (Å²) < 4.78 is 36.5. The molecule has 0 saturated carbocycles. The summed E-state index contributed by atoms with van der Waals surface area (Å²) in [6.07, 6.45) is 3.05. The summed E-state index contributed by atoms with van der Waals surface area (Å²) in [4.78, 5) is 12.8. The molecule has 7 heteroatoms. The lowest BCUT2D eigenvalue weighted by atomic mass is 9.95. The third-order valence-corrected chi connectivity index (χ3v) is 7.04. The van der Waals surface area contributed by atoms with Gasteiger partial charge >= 0.3 is 0 Å². The molecule has 0 bridgehead atoms. The van der Waals surface area contributed by atoms with Crippen molar-refractivity contribution >= 4 is 15.7 Å². The molecule has 1 saturated heterocycles. The molecular weight excluding hydrogens is 319 g/mol. The zero-order valence-corrected chi connectivity index (χ0v) is 13.9. The van der Waals surface area contributed by atoms with E-state index in [9.17, 15) is 17.6 Å². The summed E-state index contributed by atoms with van der Waals surface area (Å²) in [6, 6.07) is 4.29. The van der Waals surface area contributed by atoms with Gasteiger partial charge in [-0.05, 0) is 62.0 Å². The Bertz CT molecular complexity index is 727. The molecule has 1 aliphatic carbocycles. The second-order valence-electron chi connectivity index (χ2n) is 6.42. The second kappa shape index (κ2) is 5.87. The Morgan fingerprint density at radius 3 is 2.70 bits per heavy atom. The molecule has 1 aliphatic heterocycles. The van der Waals surface area contributed by atoms with Crippen molar-refractivity contribution in [1.29, 1.82) is 0 Å². The number of sulfone groups is 1. The normalized spacial score (nSPS) is 23.3. The molecule has 2 N–H and O–H groups in total. The number of amides is 1. The Balaban J connectivity index is 1.84. The Morgan fingerprint density at radius 1 is 1.35 bits per heavy atom. The molecule has 1 heterocycles. The van der Waals surface area contributed by atoms with Gasteiger partial charge in [0.25, 0.3) is 0 Å². The summed E-state index contributed by atoms with van der Waals surface area (Å²) in [5, 5.41) is 6.00. The van der Waals surface area contributed by atoms with E-state index in [1.165, 1.54) is 12.1 Å². The average molecular weight is 340 g/mol. The van der Waals surface area contributed by atoms with E-state index in [1.807, 2.05) is 0 Å². The number of rotatable bonds is 3. The molecule has 23 heavy (non-hydrogen) atoms. The number of hydrogen-bond acceptors (Lipinski definition) is 4. The highest BCUT2D eigenvalue weighted by Crippen LogP contribution is 2.34. The molecule has 1 atom stereocenters. The van der Waals surface area contributed by atoms with Crippen molar-refractivity contribution in [3.63, 3.8) is 0 Å². The fraction of sp³-hybridized carbons (Fsp3) is 0.562. The lowest BCUT2D eigenvalue weighted by Gasteiger charge is -2.35. The summed E-state index contributed by atoms with van der Waals surface area (Å²) >= 11 is 0. The number of carbonyl (C=O) groups excluding carboxylic acids is 1. The van der Waals surface area contributed by atoms with Crippen molar-refractivity contribution in [2.24, 2.45) is 0 Å². The third-order valence-electron chi connectivity index (χ3n) is 5.02. The molecule has 0 aromatic heterocycles. The highest BCUT2D eigenvalue weighted by Gasteiger charge is 2.49. The highest BCUT2D eigenvalue weighted by molar-refractivity contribution is 7.92. The largest absolute Gasteiger partial charge is 0.348 e. The van der Waals surface area contributed by atoms with Crippen LogP contribution in [-0.4, -0.2) is 38.4 Å². The molecule has 1 aromatic carbocycles. The molecule has 0 spiro atoms. The molecule has 1 amide bonds. The predicted molar refractivity (Wildman–Crippen MR) is 85.3 cm³/mol. The fourth-order valence-corrected chi connectivity index (χ4v) is 4.96. The van der Waals surface area contributed by atoms with E-state index in [-0.39, 0.29) is 24.7 Å². The summed E-state index contributed by atoms with van der Waals surface area (Å²) in [6.45, 7) is 1.01. The van der Waals surface area contributed by atoms with Gasteiger partial charge in [0.2, 0.25) is 5.91 Å². The minimum atomic E-state index is -3.52. The van der Waals surface area contributed by atoms with Crippen molar-refractivity contribution in [3.05, 3.63) is 35.1 Å². The predicted octanol–water partition coefficient (Wildman–Crippen LogP) is 1.10. The average Bonchev–Trinajstić information content (AvgIpc) is 2.89. The van der Waals surface area contributed by atoms with Crippen LogP contribution in [0.5, 0.6) is 0 Å². The van der Waals surface area contributed by atoms with Crippen LogP contribution in [0.15, 0.2) is 18.2 Å². The first-order chi connectivity index (χ1) is 10.8. The first-order valence-electron chi connectivity index (χ1n) is 7.83. The minimum Gasteiger partial charge on any atom is -0.348 e. The van der Waals surface area contributed by atoms with E-state index in [1.54, 1.807) is 6.07 Å². The van der Waals surface area contributed by atoms with Crippen molar-refractivity contribution in [2.75, 3.05) is 19.3 Å². The van der Waals surface area contributed by atoms with Gasteiger partial charge in [0, 0.05) is 6.26 Å². The van der Waals surface area contributed by atoms with Gasteiger partial charge in [0.15, 0.2) is 14.6 Å². The van der Waals surface area contributed by atoms with Crippen molar-refractivity contribution in [1.82, 2.24) is 10.6 Å². The Kier molecular flexibility index (Phi) is 4.18. The summed E-state index contributed by atoms with van der Waals surface area (Å²) in [5.41, 5.74) is 1.77. The Morgan fingerprint density at radius 2 is 2.04 bits per heavy atom. The van der Waals surface area contributed by atoms with E-state index < -0.39 is 20.5 Å². The third kappa shape index (κ3) is 2.87. The van der Waals surface area contributed by atoms with Gasteiger partial charge < -0.3 is 10.6 Å². The van der Waals surface area contributed by atoms with E-state index in [4.69, 9.17) is 0 Å². The Labute approximate surface area is 135 Å². The first-order valence-corrected chi connectivity index (χ1v) is 9.72. The van der Waals surface area contributed by atoms with E-state index in [0.29, 0.717) is 25.9 Å². The number of halogens is 1. The standard InChI is InChI=1S/C16H21FN2O3S/c1-23(21,22)16(6-8-18-9-7-16)15(20)19-14-5-2-11-10-12(17)3-4-13(11)14/h3-4,10,14,18H,2,5-9H2,1H3,(H,19,20). The van der Waals surface area contributed by atoms with Crippen LogP contribution in [0.25, 0.3) is 0 Å². The number of aryl methyl sites for hydroxylation is 1. The SMILES string of the molecule is CS(=O)(=O)C1(C(=O)NC2CCc3cc(F)ccc32)CCNCC1. The number of piperidine rings is 1. The number of benzene rings is 1. The quantitative estimate of drug-likeness (QED) is 0.864. The van der Waals surface area contributed by atoms with Crippen molar-refractivity contribution < 1.29 is 17.6 Å². The van der Waals surface area contributed by atoms with Crippen LogP contribution in [0.3, 0.4) is 0 Å². The van der Waals surface area contributed by atoms with Crippen LogP contribution >= 0.6 is 0 Å². The monoisotopic (exact) mass is 340 g/mol. The number of carbonyl (C=O) groups is 1. The van der Waals surface area contributed by atoms with Crippen LogP contribution in [-0.2, 0) is 21.1 Å². The lowest BCUT2D eigenvalue weighted by molar-refractivity contribution is -0.125. The lowest BCUT2D eigenvalue weighted by Crippen LogP contribution is -2.57. The number of fused-ring (bicyclic) bond motifs is 1. The maximum absolute atomic E-state index is 13.3. The minimum absolute atomic E-state index is 0.244. The number of hydrogen-bond donors (Lipinski definition) is 2. The molecule has 5 nitrogen and oxygen atoms in total. The maximum Gasteiger partial charge on any atom is 0.242 e. The van der Waals surface area contributed by atoms with Crippen LogP contribution in [0, 0.1) is 5.82 Å². The summed E-state index contributed by atoms with van der Waals surface area (Å²) in [7, 11) is -3.52. The number of nitrogens with one attached hydrogen (secondary N) is 2. The van der Waals surface area contributed by atoms with Gasteiger partial charge in [-0.25, -0.2) is 12.8 Å². The van der Waals surface area contributed by atoms with Gasteiger partial charge in [-0.2, -0.15) is 0 Å². The Hall–Kier alpha value is -1.47. The molecule has 1 fully saturated rings. The molecule has 0 radical (unpaired) electrons. The van der Waals surface area contributed by atoms with Crippen molar-refractivity contribution in [2.45, 2.75) is 36.5 Å². The second-order valence-corrected chi connectivity index (χ2v) is 8.75. The summed E-state index contributed by atoms with van der Waals surface area (Å²) in [5.74, 6) is -0.717. The van der Waals surface area contributed by atoms with Gasteiger partial charge in [0.1, 0.15) is 5.82 Å². The molecule has 1 unspecified atom stereocenters. The zero-order chi connectivity index (χ0) is 16.7. The van der Waals surface area contributed by atoms with E-state index in [2.05, 4.69) is 10.6 Å². The molecule has 2 aliphatic rings. The molecular formula is C16H21FN2O3S. The van der Waals surface area contributed by atoms with Gasteiger partial charge in [-0.3, -0.25) is 4.79 Å². The first kappa shape index (κ1) is 16.4. The van der Waals surface area contributed by atoms with Crippen LogP contribution in [0.2, 0.25) is 0 Å². The highest BCUT2D eigenvalue weighted by atomic mass is 32.2. The van der Waals surface area contributed by atoms with Crippen molar-refractivity contribution in [3.8, 4) is 0 Å². The van der Waals surface area contributed by atoms with Gasteiger partial charge in [-0.1, -0.05) is 6.07 Å². The smallest absolute Gasteiger partial charge is 0.242 e. The van der Waals surface area contributed by atoms with Gasteiger partial charge in [-0.15, -0.1) is 0 Å². The molecule has 3 rings (SSSR count). The van der Waals surface area contributed by atoms with Gasteiger partial charge in [0.05, 0.1) is 6.04 Å². The molecule has 126 valence electrons. The van der Waals surface area contributed by atoms with Crippen LogP contribution in [0.4, 0.5) is 4.39 Å². The van der Waals surface area contributed by atoms with E-state index in [0.717, 1.165) is 17.4 Å². The van der Waals surface area contributed by atoms with E-state index >= 15 is 0 Å². The molecule has 1 aromatic rings.